The summed E-state index contributed by atoms with van der Waals surface area (Å²) < 4.78 is 5.83. The monoisotopic (exact) mass is 365 g/mol. The fourth-order valence-corrected chi connectivity index (χ4v) is 2.37. The van der Waals surface area contributed by atoms with Gasteiger partial charge in [0, 0.05) is 5.56 Å². The largest absolute Gasteiger partial charge is 0.488 e. The summed E-state index contributed by atoms with van der Waals surface area (Å²) in [5.74, 6) is -0.330. The Morgan fingerprint density at radius 1 is 1.11 bits per heavy atom. The van der Waals surface area contributed by atoms with E-state index < -0.39 is 22.0 Å². The second-order valence-corrected chi connectivity index (χ2v) is 5.53. The van der Waals surface area contributed by atoms with Crippen molar-refractivity contribution < 1.29 is 14.8 Å². The van der Waals surface area contributed by atoms with Gasteiger partial charge in [-0.1, -0.05) is 48.5 Å². The molecular formula is C19H15N3O5. The van der Waals surface area contributed by atoms with Crippen molar-refractivity contribution in [2.24, 2.45) is 0 Å². The minimum atomic E-state index is -1.03. The number of para-hydroxylation sites is 1. The minimum Gasteiger partial charge on any atom is -0.488 e. The van der Waals surface area contributed by atoms with Crippen molar-refractivity contribution in [1.82, 2.24) is 9.97 Å². The van der Waals surface area contributed by atoms with Crippen LogP contribution in [0.25, 0.3) is 12.2 Å². The highest BCUT2D eigenvalue weighted by Gasteiger charge is 2.21. The molecular weight excluding hydrogens is 350 g/mol. The Bertz CT molecular complexity index is 1040. The number of aromatic amines is 1. The van der Waals surface area contributed by atoms with Crippen LogP contribution in [0, 0.1) is 10.1 Å². The van der Waals surface area contributed by atoms with Gasteiger partial charge in [0.25, 0.3) is 5.88 Å². The smallest absolute Gasteiger partial charge is 0.395 e. The fourth-order valence-electron chi connectivity index (χ4n) is 2.37. The van der Waals surface area contributed by atoms with Crippen molar-refractivity contribution in [1.29, 1.82) is 0 Å². The topological polar surface area (TPSA) is 118 Å². The zero-order valence-corrected chi connectivity index (χ0v) is 14.0. The lowest BCUT2D eigenvalue weighted by Gasteiger charge is -2.09. The number of aromatic nitrogens is 2. The molecule has 0 fully saturated rings. The number of aromatic hydroxyl groups is 1. The maximum Gasteiger partial charge on any atom is 0.395 e. The SMILES string of the molecule is O=c1[nH]c(/C=C/c2ccccc2OCc2ccccc2)nc(O)c1[N+](=O)[O-]. The number of benzene rings is 2. The summed E-state index contributed by atoms with van der Waals surface area (Å²) in [7, 11) is 0. The summed E-state index contributed by atoms with van der Waals surface area (Å²) in [6, 6.07) is 16.9. The first-order chi connectivity index (χ1) is 13.0. The van der Waals surface area contributed by atoms with Gasteiger partial charge in [-0.05, 0) is 23.8 Å². The number of rotatable bonds is 6. The van der Waals surface area contributed by atoms with E-state index in [2.05, 4.69) is 9.97 Å². The summed E-state index contributed by atoms with van der Waals surface area (Å²) in [6.45, 7) is 0.388. The molecule has 0 radical (unpaired) electrons. The first-order valence-electron chi connectivity index (χ1n) is 7.96. The van der Waals surface area contributed by atoms with Crippen LogP contribution in [0.5, 0.6) is 11.6 Å². The van der Waals surface area contributed by atoms with E-state index in [4.69, 9.17) is 4.74 Å². The lowest BCUT2D eigenvalue weighted by molar-refractivity contribution is -0.387. The number of hydrogen-bond donors (Lipinski definition) is 2. The Morgan fingerprint density at radius 2 is 1.81 bits per heavy atom. The summed E-state index contributed by atoms with van der Waals surface area (Å²) in [6.07, 6.45) is 3.05. The van der Waals surface area contributed by atoms with Crippen LogP contribution in [0.4, 0.5) is 5.69 Å². The lowest BCUT2D eigenvalue weighted by atomic mass is 10.2. The standard InChI is InChI=1S/C19H15N3O5/c23-18-17(22(25)26)19(24)21-16(20-18)11-10-14-8-4-5-9-15(14)27-12-13-6-2-1-3-7-13/h1-11H,12H2,(H2,20,21,23,24)/b11-10+. The van der Waals surface area contributed by atoms with Gasteiger partial charge < -0.3 is 14.8 Å². The third-order valence-corrected chi connectivity index (χ3v) is 3.65. The van der Waals surface area contributed by atoms with Gasteiger partial charge in [-0.15, -0.1) is 0 Å². The van der Waals surface area contributed by atoms with Gasteiger partial charge in [-0.2, -0.15) is 4.98 Å². The van der Waals surface area contributed by atoms with E-state index in [0.717, 1.165) is 5.56 Å². The van der Waals surface area contributed by atoms with Crippen LogP contribution in [0.15, 0.2) is 59.4 Å². The molecule has 0 amide bonds. The number of nitro groups is 1. The van der Waals surface area contributed by atoms with Crippen molar-refractivity contribution in [3.8, 4) is 11.6 Å². The molecule has 0 saturated carbocycles. The van der Waals surface area contributed by atoms with E-state index >= 15 is 0 Å². The van der Waals surface area contributed by atoms with Gasteiger partial charge in [-0.3, -0.25) is 14.9 Å². The van der Waals surface area contributed by atoms with Crippen LogP contribution < -0.4 is 10.3 Å². The minimum absolute atomic E-state index is 0.0130. The number of ether oxygens (including phenoxy) is 1. The van der Waals surface area contributed by atoms with Crippen molar-refractivity contribution in [2.75, 3.05) is 0 Å². The Kier molecular flexibility index (Phi) is 5.27. The number of nitrogens with zero attached hydrogens (tertiary/aromatic N) is 2. The molecule has 27 heavy (non-hydrogen) atoms. The summed E-state index contributed by atoms with van der Waals surface area (Å²) >= 11 is 0. The van der Waals surface area contributed by atoms with Crippen LogP contribution in [-0.2, 0) is 6.61 Å². The maximum atomic E-state index is 11.7. The van der Waals surface area contributed by atoms with E-state index in [9.17, 15) is 20.0 Å². The molecule has 2 aromatic carbocycles. The van der Waals surface area contributed by atoms with Crippen LogP contribution in [0.3, 0.4) is 0 Å². The molecule has 3 aromatic rings. The van der Waals surface area contributed by atoms with Crippen LogP contribution in [0.2, 0.25) is 0 Å². The zero-order valence-electron chi connectivity index (χ0n) is 14.0. The molecule has 1 aromatic heterocycles. The van der Waals surface area contributed by atoms with E-state index in [0.29, 0.717) is 17.9 Å². The molecule has 0 aliphatic carbocycles. The molecule has 1 heterocycles. The highest BCUT2D eigenvalue weighted by atomic mass is 16.6. The zero-order chi connectivity index (χ0) is 19.2. The molecule has 3 rings (SSSR count). The summed E-state index contributed by atoms with van der Waals surface area (Å²) in [5.41, 5.74) is -0.281. The second-order valence-electron chi connectivity index (χ2n) is 5.53. The third kappa shape index (κ3) is 4.37. The van der Waals surface area contributed by atoms with Crippen LogP contribution in [-0.4, -0.2) is 20.0 Å². The first kappa shape index (κ1) is 17.9. The molecule has 0 unspecified atom stereocenters. The third-order valence-electron chi connectivity index (χ3n) is 3.65. The quantitative estimate of drug-likeness (QED) is 0.512. The van der Waals surface area contributed by atoms with Gasteiger partial charge >= 0.3 is 11.2 Å². The molecule has 0 bridgehead atoms. The number of H-pyrrole nitrogens is 1. The molecule has 8 nitrogen and oxygen atoms in total. The molecule has 0 saturated heterocycles. The molecule has 0 atom stereocenters. The van der Waals surface area contributed by atoms with E-state index in [-0.39, 0.29) is 5.82 Å². The average molecular weight is 365 g/mol. The maximum absolute atomic E-state index is 11.7. The normalized spacial score (nSPS) is 10.8. The second kappa shape index (κ2) is 7.96. The number of hydrogen-bond acceptors (Lipinski definition) is 6. The number of nitrogens with one attached hydrogen (secondary N) is 1. The lowest BCUT2D eigenvalue weighted by Crippen LogP contribution is -2.14. The fraction of sp³-hybridized carbons (Fsp3) is 0.0526. The van der Waals surface area contributed by atoms with Crippen molar-refractivity contribution in [3.63, 3.8) is 0 Å². The molecule has 0 aliphatic heterocycles. The Labute approximate surface area is 153 Å². The Morgan fingerprint density at radius 3 is 2.52 bits per heavy atom. The predicted molar refractivity (Wildman–Crippen MR) is 99.3 cm³/mol. The molecule has 8 heteroatoms. The van der Waals surface area contributed by atoms with Gasteiger partial charge in [-0.25, -0.2) is 0 Å². The Balaban J connectivity index is 1.82. The van der Waals surface area contributed by atoms with E-state index in [1.165, 1.54) is 6.08 Å². The molecule has 0 aliphatic rings. The van der Waals surface area contributed by atoms with Crippen molar-refractivity contribution in [2.45, 2.75) is 6.61 Å². The summed E-state index contributed by atoms with van der Waals surface area (Å²) in [5, 5.41) is 20.3. The van der Waals surface area contributed by atoms with Gasteiger partial charge in [0.05, 0.1) is 4.92 Å². The average Bonchev–Trinajstić information content (AvgIpc) is 2.65. The van der Waals surface area contributed by atoms with Crippen molar-refractivity contribution >= 4 is 17.8 Å². The van der Waals surface area contributed by atoms with Gasteiger partial charge in [0.1, 0.15) is 18.2 Å². The Hall–Kier alpha value is -3.94. The summed E-state index contributed by atoms with van der Waals surface area (Å²) in [4.78, 5) is 27.3. The predicted octanol–water partition coefficient (Wildman–Crippen LogP) is 3.13. The van der Waals surface area contributed by atoms with Crippen molar-refractivity contribution in [3.05, 3.63) is 92.0 Å². The first-order valence-corrected chi connectivity index (χ1v) is 7.96. The van der Waals surface area contributed by atoms with E-state index in [1.807, 2.05) is 42.5 Å². The van der Waals surface area contributed by atoms with Gasteiger partial charge in [0.2, 0.25) is 0 Å². The van der Waals surface area contributed by atoms with Gasteiger partial charge in [0.15, 0.2) is 0 Å². The molecule has 0 spiro atoms. The van der Waals surface area contributed by atoms with Crippen LogP contribution in [0.1, 0.15) is 17.0 Å². The highest BCUT2D eigenvalue weighted by Crippen LogP contribution is 2.22. The highest BCUT2D eigenvalue weighted by molar-refractivity contribution is 5.70. The molecule has 136 valence electrons. The van der Waals surface area contributed by atoms with Crippen LogP contribution >= 0.6 is 0 Å². The molecule has 2 N–H and O–H groups in total. The van der Waals surface area contributed by atoms with E-state index in [1.54, 1.807) is 18.2 Å².